The molecule has 0 radical (unpaired) electrons. The number of aliphatic carboxylic acids is 1. The lowest BCUT2D eigenvalue weighted by molar-refractivity contribution is -0.150. The minimum Gasteiger partial charge on any atom is -0.480 e. The number of carboxylic acids is 1. The van der Waals surface area contributed by atoms with Crippen molar-refractivity contribution in [3.63, 3.8) is 0 Å². The molecule has 0 spiro atoms. The highest BCUT2D eigenvalue weighted by Crippen LogP contribution is 2.42. The van der Waals surface area contributed by atoms with Crippen LogP contribution in [0.1, 0.15) is 64.7 Å². The molecule has 1 amide bonds. The molecular weight excluding hydrogens is 324 g/mol. The summed E-state index contributed by atoms with van der Waals surface area (Å²) in [6.07, 6.45) is 6.43. The van der Waals surface area contributed by atoms with Gasteiger partial charge < -0.3 is 20.9 Å². The van der Waals surface area contributed by atoms with E-state index in [0.29, 0.717) is 25.9 Å². The van der Waals surface area contributed by atoms with Gasteiger partial charge in [0.25, 0.3) is 0 Å². The first kappa shape index (κ1) is 19.7. The highest BCUT2D eigenvalue weighted by Gasteiger charge is 2.44. The van der Waals surface area contributed by atoms with Crippen molar-refractivity contribution in [3.8, 4) is 0 Å². The number of nitrogens with one attached hydrogen (secondary N) is 1. The molecule has 3 atom stereocenters. The molecule has 2 aliphatic rings. The molecule has 142 valence electrons. The largest absolute Gasteiger partial charge is 0.480 e. The third kappa shape index (κ3) is 4.93. The highest BCUT2D eigenvalue weighted by atomic mass is 16.5. The first-order chi connectivity index (χ1) is 11.9. The van der Waals surface area contributed by atoms with Crippen molar-refractivity contribution in [3.05, 3.63) is 0 Å². The van der Waals surface area contributed by atoms with Crippen LogP contribution >= 0.6 is 0 Å². The molecule has 0 heterocycles. The van der Waals surface area contributed by atoms with Crippen LogP contribution in [0.2, 0.25) is 0 Å². The SMILES string of the molecule is CCOC(=O)[C@H]1CCC[C@@H](NC(=O)C2(CC(N)C(=O)O)CCCC2)C1. The molecule has 25 heavy (non-hydrogen) atoms. The van der Waals surface area contributed by atoms with E-state index in [4.69, 9.17) is 15.6 Å². The van der Waals surface area contributed by atoms with Gasteiger partial charge in [0.15, 0.2) is 0 Å². The average Bonchev–Trinajstić information content (AvgIpc) is 3.05. The molecule has 7 nitrogen and oxygen atoms in total. The molecular formula is C18H30N2O5. The maximum Gasteiger partial charge on any atom is 0.320 e. The van der Waals surface area contributed by atoms with E-state index in [0.717, 1.165) is 32.1 Å². The van der Waals surface area contributed by atoms with Crippen LogP contribution in [0.15, 0.2) is 0 Å². The fourth-order valence-corrected chi connectivity index (χ4v) is 4.22. The minimum atomic E-state index is -1.07. The second-order valence-electron chi connectivity index (χ2n) is 7.42. The molecule has 2 aliphatic carbocycles. The summed E-state index contributed by atoms with van der Waals surface area (Å²) in [5.74, 6) is -1.53. The standard InChI is InChI=1S/C18H30N2O5/c1-2-25-16(23)12-6-5-7-13(10-12)20-17(24)18(8-3-4-9-18)11-14(19)15(21)22/h12-14H,2-11,19H2,1H3,(H,20,24)(H,21,22)/t12-,13+,14?/m0/s1. The lowest BCUT2D eigenvalue weighted by Gasteiger charge is -2.34. The Labute approximate surface area is 148 Å². The van der Waals surface area contributed by atoms with E-state index in [2.05, 4.69) is 5.32 Å². The summed E-state index contributed by atoms with van der Waals surface area (Å²) in [5, 5.41) is 12.2. The van der Waals surface area contributed by atoms with E-state index in [1.54, 1.807) is 6.92 Å². The number of carbonyl (C=O) groups is 3. The zero-order chi connectivity index (χ0) is 18.4. The van der Waals surface area contributed by atoms with Crippen LogP contribution in [0.25, 0.3) is 0 Å². The maximum atomic E-state index is 12.9. The third-order valence-electron chi connectivity index (χ3n) is 5.60. The number of hydrogen-bond acceptors (Lipinski definition) is 5. The van der Waals surface area contributed by atoms with Gasteiger partial charge in [0.2, 0.25) is 5.91 Å². The maximum absolute atomic E-state index is 12.9. The quantitative estimate of drug-likeness (QED) is 0.597. The lowest BCUT2D eigenvalue weighted by atomic mass is 9.78. The van der Waals surface area contributed by atoms with Gasteiger partial charge in [-0.1, -0.05) is 19.3 Å². The van der Waals surface area contributed by atoms with E-state index in [9.17, 15) is 14.4 Å². The van der Waals surface area contributed by atoms with E-state index in [1.807, 2.05) is 0 Å². The van der Waals surface area contributed by atoms with Crippen molar-refractivity contribution < 1.29 is 24.2 Å². The van der Waals surface area contributed by atoms with Crippen LogP contribution in [0, 0.1) is 11.3 Å². The predicted octanol–water partition coefficient (Wildman–Crippen LogP) is 1.59. The predicted molar refractivity (Wildman–Crippen MR) is 91.7 cm³/mol. The molecule has 4 N–H and O–H groups in total. The Hall–Kier alpha value is -1.63. The molecule has 0 aliphatic heterocycles. The Morgan fingerprint density at radius 1 is 1.24 bits per heavy atom. The van der Waals surface area contributed by atoms with E-state index in [-0.39, 0.29) is 30.3 Å². The minimum absolute atomic E-state index is 0.0609. The van der Waals surface area contributed by atoms with Gasteiger partial charge in [-0.15, -0.1) is 0 Å². The number of esters is 1. The second kappa shape index (κ2) is 8.65. The van der Waals surface area contributed by atoms with Gasteiger partial charge in [0, 0.05) is 6.04 Å². The van der Waals surface area contributed by atoms with Gasteiger partial charge in [-0.25, -0.2) is 0 Å². The van der Waals surface area contributed by atoms with Gasteiger partial charge in [-0.2, -0.15) is 0 Å². The summed E-state index contributed by atoms with van der Waals surface area (Å²) in [6, 6.07) is -1.09. The van der Waals surface area contributed by atoms with Crippen LogP contribution in [-0.2, 0) is 19.1 Å². The summed E-state index contributed by atoms with van der Waals surface area (Å²) in [4.78, 5) is 36.0. The van der Waals surface area contributed by atoms with Crippen molar-refractivity contribution >= 4 is 17.8 Å². The smallest absolute Gasteiger partial charge is 0.320 e. The number of carboxylic acid groups (broad SMARTS) is 1. The molecule has 0 saturated heterocycles. The van der Waals surface area contributed by atoms with Crippen LogP contribution < -0.4 is 11.1 Å². The fraction of sp³-hybridized carbons (Fsp3) is 0.833. The van der Waals surface area contributed by atoms with Gasteiger partial charge in [0.05, 0.1) is 17.9 Å². The Balaban J connectivity index is 1.98. The van der Waals surface area contributed by atoms with E-state index >= 15 is 0 Å². The van der Waals surface area contributed by atoms with Crippen molar-refractivity contribution in [2.45, 2.75) is 76.8 Å². The van der Waals surface area contributed by atoms with Crippen molar-refractivity contribution in [2.24, 2.45) is 17.1 Å². The van der Waals surface area contributed by atoms with Gasteiger partial charge in [0.1, 0.15) is 6.04 Å². The number of carbonyl (C=O) groups excluding carboxylic acids is 2. The molecule has 0 aromatic rings. The van der Waals surface area contributed by atoms with Crippen molar-refractivity contribution in [1.82, 2.24) is 5.32 Å². The van der Waals surface area contributed by atoms with Crippen LogP contribution in [0.3, 0.4) is 0 Å². The number of nitrogens with two attached hydrogens (primary N) is 1. The Bertz CT molecular complexity index is 502. The molecule has 2 fully saturated rings. The normalized spacial score (nSPS) is 26.6. The Morgan fingerprint density at radius 2 is 1.92 bits per heavy atom. The van der Waals surface area contributed by atoms with Gasteiger partial charge in [-0.05, 0) is 45.4 Å². The van der Waals surface area contributed by atoms with Crippen molar-refractivity contribution in [2.75, 3.05) is 6.61 Å². The zero-order valence-electron chi connectivity index (χ0n) is 15.0. The molecule has 1 unspecified atom stereocenters. The summed E-state index contributed by atoms with van der Waals surface area (Å²) in [7, 11) is 0. The first-order valence-corrected chi connectivity index (χ1v) is 9.34. The van der Waals surface area contributed by atoms with E-state index < -0.39 is 17.4 Å². The molecule has 0 bridgehead atoms. The molecule has 2 rings (SSSR count). The summed E-state index contributed by atoms with van der Waals surface area (Å²) >= 11 is 0. The van der Waals surface area contributed by atoms with Gasteiger partial charge >= 0.3 is 11.9 Å². The van der Waals surface area contributed by atoms with Crippen LogP contribution in [-0.4, -0.2) is 41.6 Å². The summed E-state index contributed by atoms with van der Waals surface area (Å²) < 4.78 is 5.10. The number of ether oxygens (including phenoxy) is 1. The Kier molecular flexibility index (Phi) is 6.81. The molecule has 0 aromatic heterocycles. The van der Waals surface area contributed by atoms with Crippen LogP contribution in [0.4, 0.5) is 0 Å². The summed E-state index contributed by atoms with van der Waals surface area (Å²) in [6.45, 7) is 2.15. The lowest BCUT2D eigenvalue weighted by Crippen LogP contribution is -2.49. The molecule has 0 aromatic carbocycles. The molecule has 2 saturated carbocycles. The fourth-order valence-electron chi connectivity index (χ4n) is 4.22. The van der Waals surface area contributed by atoms with Gasteiger partial charge in [-0.3, -0.25) is 14.4 Å². The number of amides is 1. The third-order valence-corrected chi connectivity index (χ3v) is 5.60. The monoisotopic (exact) mass is 354 g/mol. The number of hydrogen-bond donors (Lipinski definition) is 3. The highest BCUT2D eigenvalue weighted by molar-refractivity contribution is 5.84. The average molecular weight is 354 g/mol. The Morgan fingerprint density at radius 3 is 2.52 bits per heavy atom. The van der Waals surface area contributed by atoms with Crippen molar-refractivity contribution in [1.29, 1.82) is 0 Å². The second-order valence-corrected chi connectivity index (χ2v) is 7.42. The van der Waals surface area contributed by atoms with E-state index in [1.165, 1.54) is 0 Å². The molecule has 7 heteroatoms. The first-order valence-electron chi connectivity index (χ1n) is 9.34. The summed E-state index contributed by atoms with van der Waals surface area (Å²) in [5.41, 5.74) is 5.02. The van der Waals surface area contributed by atoms with Crippen LogP contribution in [0.5, 0.6) is 0 Å². The number of rotatable bonds is 7. The topological polar surface area (TPSA) is 119 Å². The zero-order valence-corrected chi connectivity index (χ0v) is 15.0.